The van der Waals surface area contributed by atoms with Gasteiger partial charge in [-0.1, -0.05) is 72.8 Å². The number of carbonyl (C=O) groups is 4. The zero-order chi connectivity index (χ0) is 30.0. The number of esters is 3. The molecule has 218 valence electrons. The third kappa shape index (κ3) is 7.63. The van der Waals surface area contributed by atoms with E-state index in [1.54, 1.807) is 121 Å². The summed E-state index contributed by atoms with van der Waals surface area (Å²) in [7, 11) is 0. The molecule has 0 bridgehead atoms. The van der Waals surface area contributed by atoms with E-state index in [0.29, 0.717) is 11.3 Å². The van der Waals surface area contributed by atoms with Gasteiger partial charge in [-0.2, -0.15) is 0 Å². The van der Waals surface area contributed by atoms with Gasteiger partial charge in [-0.3, -0.25) is 5.32 Å². The fourth-order valence-corrected chi connectivity index (χ4v) is 4.31. The summed E-state index contributed by atoms with van der Waals surface area (Å²) in [5.74, 6) is -2.17. The second-order valence-corrected chi connectivity index (χ2v) is 9.38. The first-order chi connectivity index (χ1) is 21.0. The van der Waals surface area contributed by atoms with E-state index < -0.39 is 55.2 Å². The van der Waals surface area contributed by atoms with E-state index in [1.165, 1.54) is 0 Å². The molecule has 1 saturated heterocycles. The molecule has 0 aromatic heterocycles. The summed E-state index contributed by atoms with van der Waals surface area (Å²) in [5.41, 5.74) is 1.17. The lowest BCUT2D eigenvalue weighted by Gasteiger charge is -2.24. The Bertz CT molecular complexity index is 1530. The number of nitrogens with one attached hydrogen (secondary N) is 1. The average molecular weight is 582 g/mol. The number of benzene rings is 4. The Balaban J connectivity index is 1.41. The Morgan fingerprint density at radius 3 is 1.56 bits per heavy atom. The molecule has 0 radical (unpaired) electrons. The maximum absolute atomic E-state index is 13.1. The standard InChI is InChI=1S/C33H27NO9/c35-29(22-13-5-1-6-14-22)39-21-26-27(41-30(36)23-15-7-2-8-16-23)28(42-33(38)34-25-19-11-4-12-20-25)32(40-26)43-31(37)24-17-9-3-10-18-24/h1-20,26-28,32H,21H2,(H,34,38). The van der Waals surface area contributed by atoms with Crippen molar-refractivity contribution in [1.82, 2.24) is 0 Å². The van der Waals surface area contributed by atoms with Crippen LogP contribution in [0, 0.1) is 0 Å². The minimum Gasteiger partial charge on any atom is -0.459 e. The molecule has 4 atom stereocenters. The molecule has 1 fully saturated rings. The number of carbonyl (C=O) groups excluding carboxylic acids is 4. The van der Waals surface area contributed by atoms with Gasteiger partial charge in [0.2, 0.25) is 12.4 Å². The van der Waals surface area contributed by atoms with Crippen molar-refractivity contribution in [2.24, 2.45) is 0 Å². The molecule has 0 saturated carbocycles. The minimum atomic E-state index is -1.51. The van der Waals surface area contributed by atoms with Crippen LogP contribution in [0.25, 0.3) is 0 Å². The van der Waals surface area contributed by atoms with E-state index in [1.807, 2.05) is 0 Å². The van der Waals surface area contributed by atoms with Crippen LogP contribution in [0.2, 0.25) is 0 Å². The number of para-hydroxylation sites is 1. The largest absolute Gasteiger partial charge is 0.459 e. The van der Waals surface area contributed by atoms with E-state index >= 15 is 0 Å². The molecule has 0 spiro atoms. The number of hydrogen-bond donors (Lipinski definition) is 1. The normalized spacial score (nSPS) is 19.1. The fourth-order valence-electron chi connectivity index (χ4n) is 4.31. The van der Waals surface area contributed by atoms with Gasteiger partial charge in [0.1, 0.15) is 12.7 Å². The summed E-state index contributed by atoms with van der Waals surface area (Å²) in [6.07, 6.45) is -6.34. The highest BCUT2D eigenvalue weighted by Crippen LogP contribution is 2.30. The maximum Gasteiger partial charge on any atom is 0.412 e. The van der Waals surface area contributed by atoms with Gasteiger partial charge < -0.3 is 23.7 Å². The predicted octanol–water partition coefficient (Wildman–Crippen LogP) is 5.27. The van der Waals surface area contributed by atoms with Crippen molar-refractivity contribution < 1.29 is 42.9 Å². The van der Waals surface area contributed by atoms with Gasteiger partial charge in [-0.15, -0.1) is 0 Å². The molecule has 4 aromatic rings. The highest BCUT2D eigenvalue weighted by atomic mass is 16.8. The van der Waals surface area contributed by atoms with E-state index in [9.17, 15) is 19.2 Å². The summed E-state index contributed by atoms with van der Waals surface area (Å²) in [6, 6.07) is 33.1. The molecule has 10 heteroatoms. The molecule has 1 amide bonds. The summed E-state index contributed by atoms with van der Waals surface area (Å²) in [6.45, 7) is -0.403. The lowest BCUT2D eigenvalue weighted by atomic mass is 10.1. The molecule has 1 N–H and O–H groups in total. The van der Waals surface area contributed by atoms with Gasteiger partial charge in [-0.05, 0) is 48.5 Å². The van der Waals surface area contributed by atoms with Crippen LogP contribution in [0.3, 0.4) is 0 Å². The van der Waals surface area contributed by atoms with Crippen LogP contribution in [0.15, 0.2) is 121 Å². The van der Waals surface area contributed by atoms with Crippen LogP contribution in [0.5, 0.6) is 0 Å². The Labute approximate surface area is 247 Å². The van der Waals surface area contributed by atoms with Gasteiger partial charge in [0.15, 0.2) is 6.10 Å². The Morgan fingerprint density at radius 2 is 1.02 bits per heavy atom. The molecule has 4 unspecified atom stereocenters. The molecule has 10 nitrogen and oxygen atoms in total. The fraction of sp³-hybridized carbons (Fsp3) is 0.152. The number of rotatable bonds is 9. The molecule has 1 aliphatic rings. The zero-order valence-corrected chi connectivity index (χ0v) is 22.7. The van der Waals surface area contributed by atoms with E-state index in [0.717, 1.165) is 0 Å². The minimum absolute atomic E-state index is 0.218. The molecule has 1 aliphatic heterocycles. The second-order valence-electron chi connectivity index (χ2n) is 9.38. The zero-order valence-electron chi connectivity index (χ0n) is 22.7. The van der Waals surface area contributed by atoms with Gasteiger partial charge in [0.05, 0.1) is 16.7 Å². The number of ether oxygens (including phenoxy) is 5. The van der Waals surface area contributed by atoms with Crippen LogP contribution < -0.4 is 5.32 Å². The predicted molar refractivity (Wildman–Crippen MR) is 153 cm³/mol. The second kappa shape index (κ2) is 13.9. The third-order valence-electron chi connectivity index (χ3n) is 6.40. The lowest BCUT2D eigenvalue weighted by molar-refractivity contribution is -0.139. The Kier molecular flexibility index (Phi) is 9.40. The van der Waals surface area contributed by atoms with Crippen molar-refractivity contribution in [1.29, 1.82) is 0 Å². The molecular weight excluding hydrogens is 554 g/mol. The first-order valence-corrected chi connectivity index (χ1v) is 13.4. The summed E-state index contributed by atoms with van der Waals surface area (Å²) in [4.78, 5) is 51.8. The summed E-state index contributed by atoms with van der Waals surface area (Å²) < 4.78 is 28.5. The van der Waals surface area contributed by atoms with Gasteiger partial charge in [-0.25, -0.2) is 19.2 Å². The topological polar surface area (TPSA) is 126 Å². The quantitative estimate of drug-likeness (QED) is 0.208. The highest BCUT2D eigenvalue weighted by Gasteiger charge is 2.52. The van der Waals surface area contributed by atoms with Crippen LogP contribution >= 0.6 is 0 Å². The van der Waals surface area contributed by atoms with E-state index in [4.69, 9.17) is 23.7 Å². The molecule has 1 heterocycles. The first-order valence-electron chi connectivity index (χ1n) is 13.4. The van der Waals surface area contributed by atoms with Crippen molar-refractivity contribution >= 4 is 29.7 Å². The maximum atomic E-state index is 13.1. The van der Waals surface area contributed by atoms with Crippen LogP contribution in [0.1, 0.15) is 31.1 Å². The average Bonchev–Trinajstić information content (AvgIpc) is 3.35. The number of anilines is 1. The summed E-state index contributed by atoms with van der Waals surface area (Å²) in [5, 5.41) is 2.58. The van der Waals surface area contributed by atoms with Crippen molar-refractivity contribution in [2.45, 2.75) is 24.6 Å². The van der Waals surface area contributed by atoms with Crippen molar-refractivity contribution in [2.75, 3.05) is 11.9 Å². The molecule has 43 heavy (non-hydrogen) atoms. The van der Waals surface area contributed by atoms with Gasteiger partial charge >= 0.3 is 24.0 Å². The van der Waals surface area contributed by atoms with Crippen LogP contribution in [-0.4, -0.2) is 55.2 Å². The molecule has 0 aliphatic carbocycles. The van der Waals surface area contributed by atoms with Crippen LogP contribution in [-0.2, 0) is 23.7 Å². The lowest BCUT2D eigenvalue weighted by Crippen LogP contribution is -2.43. The molecular formula is C33H27NO9. The van der Waals surface area contributed by atoms with Crippen molar-refractivity contribution in [3.8, 4) is 0 Å². The summed E-state index contributed by atoms with van der Waals surface area (Å²) >= 11 is 0. The third-order valence-corrected chi connectivity index (χ3v) is 6.40. The first kappa shape index (κ1) is 29.0. The number of hydrogen-bond acceptors (Lipinski definition) is 9. The van der Waals surface area contributed by atoms with Crippen molar-refractivity contribution in [3.05, 3.63) is 138 Å². The van der Waals surface area contributed by atoms with Crippen LogP contribution in [0.4, 0.5) is 10.5 Å². The Hall–Kier alpha value is -5.48. The van der Waals surface area contributed by atoms with Gasteiger partial charge in [0.25, 0.3) is 0 Å². The smallest absolute Gasteiger partial charge is 0.412 e. The molecule has 5 rings (SSSR count). The van der Waals surface area contributed by atoms with E-state index in [-0.39, 0.29) is 11.1 Å². The molecule has 4 aromatic carbocycles. The Morgan fingerprint density at radius 1 is 0.558 bits per heavy atom. The van der Waals surface area contributed by atoms with Gasteiger partial charge in [0, 0.05) is 5.69 Å². The SMILES string of the molecule is O=C(Nc1ccccc1)OC1C(OC(=O)c2ccccc2)OC(COC(=O)c2ccccc2)C1OC(=O)c1ccccc1. The highest BCUT2D eigenvalue weighted by molar-refractivity contribution is 5.91. The number of amides is 1. The van der Waals surface area contributed by atoms with Crippen molar-refractivity contribution in [3.63, 3.8) is 0 Å². The van der Waals surface area contributed by atoms with E-state index in [2.05, 4.69) is 5.32 Å². The monoisotopic (exact) mass is 581 g/mol.